The first-order chi connectivity index (χ1) is 12.7. The molecule has 2 aromatic carbocycles. The number of nitrogens with zero attached hydrogens (tertiary/aromatic N) is 3. The van der Waals surface area contributed by atoms with Crippen LogP contribution in [0.5, 0.6) is 5.75 Å². The monoisotopic (exact) mass is 366 g/mol. The molecule has 26 heavy (non-hydrogen) atoms. The number of hydrogen-bond acceptors (Lipinski definition) is 4. The summed E-state index contributed by atoms with van der Waals surface area (Å²) in [7, 11) is 0. The molecule has 0 fully saturated rings. The van der Waals surface area contributed by atoms with Gasteiger partial charge in [0, 0.05) is 11.1 Å². The van der Waals surface area contributed by atoms with Crippen molar-refractivity contribution >= 4 is 23.3 Å². The fraction of sp³-hybridized carbons (Fsp3) is 0.105. The Balaban J connectivity index is 1.63. The lowest BCUT2D eigenvalue weighted by Gasteiger charge is -2.11. The molecule has 7 heteroatoms. The highest BCUT2D eigenvalue weighted by Gasteiger charge is 2.11. The number of nitrogens with one attached hydrogen (secondary N) is 1. The van der Waals surface area contributed by atoms with E-state index in [4.69, 9.17) is 21.6 Å². The second-order valence-corrected chi connectivity index (χ2v) is 5.82. The Labute approximate surface area is 155 Å². The smallest absolute Gasteiger partial charge is 0.263 e. The van der Waals surface area contributed by atoms with Crippen molar-refractivity contribution < 1.29 is 9.53 Å². The fourth-order valence-corrected chi connectivity index (χ4v) is 2.56. The zero-order chi connectivity index (χ0) is 18.4. The first kappa shape index (κ1) is 17.5. The van der Waals surface area contributed by atoms with Crippen LogP contribution in [0.2, 0.25) is 5.02 Å². The molecule has 3 aromatic rings. The van der Waals surface area contributed by atoms with Gasteiger partial charge in [0.1, 0.15) is 17.6 Å². The molecule has 0 atom stereocenters. The van der Waals surface area contributed by atoms with Crippen LogP contribution < -0.4 is 10.1 Å². The molecule has 0 saturated heterocycles. The van der Waals surface area contributed by atoms with Gasteiger partial charge < -0.3 is 10.1 Å². The Kier molecular flexibility index (Phi) is 5.52. The van der Waals surface area contributed by atoms with E-state index in [1.54, 1.807) is 47.3 Å². The number of carbonyl (C=O) groups is 1. The molecule has 1 heterocycles. The fourth-order valence-electron chi connectivity index (χ4n) is 2.36. The second kappa shape index (κ2) is 8.19. The van der Waals surface area contributed by atoms with Gasteiger partial charge in [-0.05, 0) is 23.8 Å². The van der Waals surface area contributed by atoms with Crippen molar-refractivity contribution in [2.45, 2.75) is 6.54 Å². The van der Waals surface area contributed by atoms with Crippen LogP contribution in [0.3, 0.4) is 0 Å². The van der Waals surface area contributed by atoms with Crippen molar-refractivity contribution in [1.29, 1.82) is 5.26 Å². The number of halogens is 1. The molecule has 1 N–H and O–H groups in total. The van der Waals surface area contributed by atoms with Gasteiger partial charge in [-0.2, -0.15) is 10.4 Å². The summed E-state index contributed by atoms with van der Waals surface area (Å²) < 4.78 is 7.07. The van der Waals surface area contributed by atoms with Crippen molar-refractivity contribution in [2.75, 3.05) is 11.9 Å². The standard InChI is InChI=1S/C19H15ClN4O2/c20-16-7-3-1-6-15(16)12-24-18(9-10-22-24)23-19(25)13-26-17-8-4-2-5-14(17)11-21/h1-10H,12-13H2,(H,23,25). The molecule has 1 aromatic heterocycles. The van der Waals surface area contributed by atoms with Gasteiger partial charge in [0.2, 0.25) is 0 Å². The van der Waals surface area contributed by atoms with Crippen molar-refractivity contribution in [1.82, 2.24) is 9.78 Å². The van der Waals surface area contributed by atoms with Crippen molar-refractivity contribution in [3.63, 3.8) is 0 Å². The van der Waals surface area contributed by atoms with Gasteiger partial charge >= 0.3 is 0 Å². The highest BCUT2D eigenvalue weighted by molar-refractivity contribution is 6.31. The van der Waals surface area contributed by atoms with Gasteiger partial charge in [-0.15, -0.1) is 0 Å². The summed E-state index contributed by atoms with van der Waals surface area (Å²) in [4.78, 5) is 12.2. The van der Waals surface area contributed by atoms with Crippen LogP contribution in [0.15, 0.2) is 60.8 Å². The van der Waals surface area contributed by atoms with Crippen LogP contribution in [0.1, 0.15) is 11.1 Å². The molecule has 0 aliphatic rings. The highest BCUT2D eigenvalue weighted by Crippen LogP contribution is 2.19. The Bertz CT molecular complexity index is 962. The minimum absolute atomic E-state index is 0.212. The predicted molar refractivity (Wildman–Crippen MR) is 98.1 cm³/mol. The third-order valence-corrected chi connectivity index (χ3v) is 4.00. The molecule has 0 unspecified atom stereocenters. The maximum atomic E-state index is 12.2. The largest absolute Gasteiger partial charge is 0.482 e. The zero-order valence-electron chi connectivity index (χ0n) is 13.7. The molecule has 1 amide bonds. The summed E-state index contributed by atoms with van der Waals surface area (Å²) in [5.74, 6) is 0.556. The average Bonchev–Trinajstić information content (AvgIpc) is 3.08. The maximum Gasteiger partial charge on any atom is 0.263 e. The van der Waals surface area contributed by atoms with Crippen molar-refractivity contribution in [3.8, 4) is 11.8 Å². The van der Waals surface area contributed by atoms with Gasteiger partial charge in [0.15, 0.2) is 6.61 Å². The van der Waals surface area contributed by atoms with Crippen LogP contribution in [-0.4, -0.2) is 22.3 Å². The molecule has 0 aliphatic heterocycles. The van der Waals surface area contributed by atoms with E-state index < -0.39 is 0 Å². The lowest BCUT2D eigenvalue weighted by molar-refractivity contribution is -0.118. The number of aromatic nitrogens is 2. The van der Waals surface area contributed by atoms with Crippen molar-refractivity contribution in [3.05, 3.63) is 76.9 Å². The lowest BCUT2D eigenvalue weighted by atomic mass is 10.2. The van der Waals surface area contributed by atoms with E-state index in [-0.39, 0.29) is 12.5 Å². The number of nitriles is 1. The van der Waals surface area contributed by atoms with Crippen molar-refractivity contribution in [2.24, 2.45) is 0 Å². The number of rotatable bonds is 6. The molecule has 6 nitrogen and oxygen atoms in total. The highest BCUT2D eigenvalue weighted by atomic mass is 35.5. The molecule has 0 spiro atoms. The van der Waals surface area contributed by atoms with Gasteiger partial charge in [0.05, 0.1) is 18.3 Å². The molecule has 130 valence electrons. The van der Waals surface area contributed by atoms with E-state index in [2.05, 4.69) is 10.4 Å². The van der Waals surface area contributed by atoms with Crippen LogP contribution in [0.4, 0.5) is 5.82 Å². The predicted octanol–water partition coefficient (Wildman–Crippen LogP) is 3.47. The van der Waals surface area contributed by atoms with E-state index in [1.807, 2.05) is 24.3 Å². The number of ether oxygens (including phenoxy) is 1. The van der Waals surface area contributed by atoms with E-state index in [1.165, 1.54) is 0 Å². The van der Waals surface area contributed by atoms with Gasteiger partial charge in [-0.1, -0.05) is 41.9 Å². The third-order valence-electron chi connectivity index (χ3n) is 3.63. The molecule has 0 aliphatic carbocycles. The van der Waals surface area contributed by atoms with Crippen LogP contribution in [0, 0.1) is 11.3 Å². The van der Waals surface area contributed by atoms with Gasteiger partial charge in [-0.3, -0.25) is 4.79 Å². The summed E-state index contributed by atoms with van der Waals surface area (Å²) in [5.41, 5.74) is 1.27. The van der Waals surface area contributed by atoms with E-state index >= 15 is 0 Å². The minimum Gasteiger partial charge on any atom is -0.482 e. The van der Waals surface area contributed by atoms with Crippen LogP contribution >= 0.6 is 11.6 Å². The first-order valence-corrected chi connectivity index (χ1v) is 8.22. The topological polar surface area (TPSA) is 79.9 Å². The number of para-hydroxylation sites is 1. The molecule has 0 bridgehead atoms. The molecular weight excluding hydrogens is 352 g/mol. The Morgan fingerprint density at radius 2 is 1.96 bits per heavy atom. The summed E-state index contributed by atoms with van der Waals surface area (Å²) in [6, 6.07) is 17.9. The summed E-state index contributed by atoms with van der Waals surface area (Å²) in [5, 5.41) is 16.6. The summed E-state index contributed by atoms with van der Waals surface area (Å²) >= 11 is 6.17. The first-order valence-electron chi connectivity index (χ1n) is 7.84. The Hall–Kier alpha value is -3.30. The van der Waals surface area contributed by atoms with E-state index in [9.17, 15) is 4.79 Å². The van der Waals surface area contributed by atoms with Crippen LogP contribution in [-0.2, 0) is 11.3 Å². The number of hydrogen-bond donors (Lipinski definition) is 1. The second-order valence-electron chi connectivity index (χ2n) is 5.41. The number of carbonyl (C=O) groups excluding carboxylic acids is 1. The molecule has 0 saturated carbocycles. The maximum absolute atomic E-state index is 12.2. The van der Waals surface area contributed by atoms with Crippen LogP contribution in [0.25, 0.3) is 0 Å². The van der Waals surface area contributed by atoms with E-state index in [0.717, 1.165) is 5.56 Å². The quantitative estimate of drug-likeness (QED) is 0.724. The SMILES string of the molecule is N#Cc1ccccc1OCC(=O)Nc1ccnn1Cc1ccccc1Cl. The molecule has 3 rings (SSSR count). The zero-order valence-corrected chi connectivity index (χ0v) is 14.5. The third kappa shape index (κ3) is 4.21. The van der Waals surface area contributed by atoms with Gasteiger partial charge in [-0.25, -0.2) is 4.68 Å². The molecule has 0 radical (unpaired) electrons. The number of anilines is 1. The summed E-state index contributed by atoms with van der Waals surface area (Å²) in [6.45, 7) is 0.219. The lowest BCUT2D eigenvalue weighted by Crippen LogP contribution is -2.22. The number of amides is 1. The van der Waals surface area contributed by atoms with Gasteiger partial charge in [0.25, 0.3) is 5.91 Å². The Morgan fingerprint density at radius 3 is 2.77 bits per heavy atom. The normalized spacial score (nSPS) is 10.2. The average molecular weight is 367 g/mol. The Morgan fingerprint density at radius 1 is 1.19 bits per heavy atom. The number of benzene rings is 2. The minimum atomic E-state index is -0.348. The summed E-state index contributed by atoms with van der Waals surface area (Å²) in [6.07, 6.45) is 1.60. The van der Waals surface area contributed by atoms with E-state index in [0.29, 0.717) is 28.7 Å². The molecular formula is C19H15ClN4O2.